The molecule has 1 aliphatic rings. The predicted molar refractivity (Wildman–Crippen MR) is 45.4 cm³/mol. The lowest BCUT2D eigenvalue weighted by Gasteiger charge is -2.05. The lowest BCUT2D eigenvalue weighted by molar-refractivity contribution is -0.133. The minimum absolute atomic E-state index is 0.295. The predicted octanol–water partition coefficient (Wildman–Crippen LogP) is 0.161. The Labute approximate surface area is 72.5 Å². The Bertz CT molecular complexity index is 226. The van der Waals surface area contributed by atoms with Gasteiger partial charge in [-0.15, -0.1) is 0 Å². The number of esters is 1. The molecule has 1 rings (SSSR count). The summed E-state index contributed by atoms with van der Waals surface area (Å²) in [6.45, 7) is 3.06. The van der Waals surface area contributed by atoms with Crippen LogP contribution in [0.3, 0.4) is 0 Å². The average Bonchev–Trinajstić information content (AvgIpc) is 2.47. The van der Waals surface area contributed by atoms with E-state index in [9.17, 15) is 4.79 Å². The van der Waals surface area contributed by atoms with E-state index in [-0.39, 0.29) is 0 Å². The van der Waals surface area contributed by atoms with Crippen molar-refractivity contribution in [2.45, 2.75) is 19.4 Å². The molecule has 0 aromatic rings. The quantitative estimate of drug-likeness (QED) is 0.317. The van der Waals surface area contributed by atoms with Gasteiger partial charge in [0.25, 0.3) is 0 Å². The van der Waals surface area contributed by atoms with E-state index in [1.807, 2.05) is 0 Å². The van der Waals surface area contributed by atoms with Crippen LogP contribution in [0.1, 0.15) is 13.3 Å². The standard InChI is InChI=1S/C9H13NO2/c1-7-8(5-6-10-7)3-4-9(11)12-2/h7-8,10H,5-6H2,1-2H3. The third-order valence-corrected chi connectivity index (χ3v) is 2.07. The van der Waals surface area contributed by atoms with Crippen LogP contribution in [0, 0.1) is 17.8 Å². The zero-order valence-electron chi connectivity index (χ0n) is 7.39. The normalized spacial score (nSPS) is 27.5. The van der Waals surface area contributed by atoms with Crippen LogP contribution in [0.15, 0.2) is 0 Å². The molecular weight excluding hydrogens is 154 g/mol. The molecule has 3 heteroatoms. The van der Waals surface area contributed by atoms with Crippen LogP contribution in [-0.4, -0.2) is 25.7 Å². The summed E-state index contributed by atoms with van der Waals surface area (Å²) in [7, 11) is 1.34. The molecule has 1 heterocycles. The number of carbonyl (C=O) groups excluding carboxylic acids is 1. The van der Waals surface area contributed by atoms with E-state index < -0.39 is 5.97 Å². The fourth-order valence-corrected chi connectivity index (χ4v) is 1.26. The van der Waals surface area contributed by atoms with Gasteiger partial charge in [0.1, 0.15) is 0 Å². The molecule has 0 amide bonds. The highest BCUT2D eigenvalue weighted by atomic mass is 16.5. The average molecular weight is 167 g/mol. The highest BCUT2D eigenvalue weighted by molar-refractivity contribution is 5.88. The molecule has 1 saturated heterocycles. The van der Waals surface area contributed by atoms with E-state index in [0.717, 1.165) is 13.0 Å². The summed E-state index contributed by atoms with van der Waals surface area (Å²) >= 11 is 0. The van der Waals surface area contributed by atoms with Crippen LogP contribution in [-0.2, 0) is 9.53 Å². The highest BCUT2D eigenvalue weighted by Gasteiger charge is 2.20. The Morgan fingerprint density at radius 3 is 2.92 bits per heavy atom. The summed E-state index contributed by atoms with van der Waals surface area (Å²) in [4.78, 5) is 10.7. The van der Waals surface area contributed by atoms with E-state index in [4.69, 9.17) is 0 Å². The van der Waals surface area contributed by atoms with Crippen LogP contribution in [0.4, 0.5) is 0 Å². The number of nitrogens with one attached hydrogen (secondary N) is 1. The Balaban J connectivity index is 2.47. The van der Waals surface area contributed by atoms with Gasteiger partial charge in [-0.3, -0.25) is 0 Å². The second-order valence-corrected chi connectivity index (χ2v) is 2.90. The third-order valence-electron chi connectivity index (χ3n) is 2.07. The van der Waals surface area contributed by atoms with Crippen molar-refractivity contribution < 1.29 is 9.53 Å². The Morgan fingerprint density at radius 1 is 1.67 bits per heavy atom. The second-order valence-electron chi connectivity index (χ2n) is 2.90. The fourth-order valence-electron chi connectivity index (χ4n) is 1.26. The first-order chi connectivity index (χ1) is 5.74. The van der Waals surface area contributed by atoms with Gasteiger partial charge in [0, 0.05) is 17.9 Å². The van der Waals surface area contributed by atoms with Crippen molar-refractivity contribution >= 4 is 5.97 Å². The van der Waals surface area contributed by atoms with Crippen LogP contribution in [0.2, 0.25) is 0 Å². The van der Waals surface area contributed by atoms with Gasteiger partial charge >= 0.3 is 5.97 Å². The molecule has 2 atom stereocenters. The van der Waals surface area contributed by atoms with Gasteiger partial charge in [-0.25, -0.2) is 4.79 Å². The first-order valence-corrected chi connectivity index (χ1v) is 4.07. The molecule has 3 nitrogen and oxygen atoms in total. The number of hydrogen-bond donors (Lipinski definition) is 1. The van der Waals surface area contributed by atoms with Crippen molar-refractivity contribution in [3.63, 3.8) is 0 Å². The van der Waals surface area contributed by atoms with Gasteiger partial charge in [0.15, 0.2) is 0 Å². The van der Waals surface area contributed by atoms with Gasteiger partial charge in [-0.2, -0.15) is 0 Å². The molecule has 12 heavy (non-hydrogen) atoms. The van der Waals surface area contributed by atoms with Crippen LogP contribution in [0.25, 0.3) is 0 Å². The molecule has 1 fully saturated rings. The van der Waals surface area contributed by atoms with Crippen molar-refractivity contribution in [3.05, 3.63) is 0 Å². The number of hydrogen-bond acceptors (Lipinski definition) is 3. The van der Waals surface area contributed by atoms with E-state index in [1.165, 1.54) is 7.11 Å². The summed E-state index contributed by atoms with van der Waals surface area (Å²) in [6.07, 6.45) is 1.02. The van der Waals surface area contributed by atoms with Gasteiger partial charge in [0.2, 0.25) is 0 Å². The SMILES string of the molecule is COC(=O)C#CC1CCNC1C. The Kier molecular flexibility index (Phi) is 3.12. The highest BCUT2D eigenvalue weighted by Crippen LogP contribution is 2.12. The molecule has 0 aromatic heterocycles. The number of carbonyl (C=O) groups is 1. The van der Waals surface area contributed by atoms with Gasteiger partial charge in [0.05, 0.1) is 7.11 Å². The maximum Gasteiger partial charge on any atom is 0.384 e. The first kappa shape index (κ1) is 9.08. The van der Waals surface area contributed by atoms with Crippen molar-refractivity contribution in [2.75, 3.05) is 13.7 Å². The summed E-state index contributed by atoms with van der Waals surface area (Å²) in [5.41, 5.74) is 0. The minimum Gasteiger partial charge on any atom is -0.459 e. The van der Waals surface area contributed by atoms with Crippen molar-refractivity contribution in [2.24, 2.45) is 5.92 Å². The summed E-state index contributed by atoms with van der Waals surface area (Å²) in [5, 5.41) is 3.26. The first-order valence-electron chi connectivity index (χ1n) is 4.07. The van der Waals surface area contributed by atoms with Gasteiger partial charge < -0.3 is 10.1 Å². The molecule has 66 valence electrons. The van der Waals surface area contributed by atoms with Gasteiger partial charge in [-0.05, 0) is 19.9 Å². The van der Waals surface area contributed by atoms with Crippen LogP contribution < -0.4 is 5.32 Å². The molecule has 1 N–H and O–H groups in total. The van der Waals surface area contributed by atoms with Crippen molar-refractivity contribution in [1.82, 2.24) is 5.32 Å². The minimum atomic E-state index is -0.450. The molecule has 0 saturated carbocycles. The molecule has 1 aliphatic heterocycles. The number of ether oxygens (including phenoxy) is 1. The fraction of sp³-hybridized carbons (Fsp3) is 0.667. The van der Waals surface area contributed by atoms with E-state index in [2.05, 4.69) is 28.8 Å². The zero-order valence-corrected chi connectivity index (χ0v) is 7.39. The van der Waals surface area contributed by atoms with Crippen molar-refractivity contribution in [1.29, 1.82) is 0 Å². The lowest BCUT2D eigenvalue weighted by atomic mass is 10.0. The van der Waals surface area contributed by atoms with Crippen LogP contribution >= 0.6 is 0 Å². The monoisotopic (exact) mass is 167 g/mol. The molecular formula is C9H13NO2. The third kappa shape index (κ3) is 2.24. The van der Waals surface area contributed by atoms with Gasteiger partial charge in [-0.1, -0.05) is 5.92 Å². The smallest absolute Gasteiger partial charge is 0.384 e. The molecule has 0 aliphatic carbocycles. The molecule has 0 radical (unpaired) electrons. The molecule has 0 aromatic carbocycles. The Hall–Kier alpha value is -1.01. The number of rotatable bonds is 0. The van der Waals surface area contributed by atoms with E-state index >= 15 is 0 Å². The van der Waals surface area contributed by atoms with Crippen LogP contribution in [0.5, 0.6) is 0 Å². The zero-order chi connectivity index (χ0) is 8.97. The van der Waals surface area contributed by atoms with E-state index in [1.54, 1.807) is 0 Å². The molecule has 0 bridgehead atoms. The van der Waals surface area contributed by atoms with Crippen molar-refractivity contribution in [3.8, 4) is 11.8 Å². The van der Waals surface area contributed by atoms with E-state index in [0.29, 0.717) is 12.0 Å². The summed E-state index contributed by atoms with van der Waals surface area (Å²) < 4.78 is 4.41. The Morgan fingerprint density at radius 2 is 2.42 bits per heavy atom. The number of methoxy groups -OCH3 is 1. The molecule has 0 spiro atoms. The maximum absolute atomic E-state index is 10.7. The topological polar surface area (TPSA) is 38.3 Å². The largest absolute Gasteiger partial charge is 0.459 e. The summed E-state index contributed by atoms with van der Waals surface area (Å²) in [5.74, 6) is 5.19. The molecule has 2 unspecified atom stereocenters. The summed E-state index contributed by atoms with van der Waals surface area (Å²) in [6, 6.07) is 0.391. The second kappa shape index (κ2) is 4.13. The lowest BCUT2D eigenvalue weighted by Crippen LogP contribution is -2.21. The maximum atomic E-state index is 10.7.